The molecule has 0 fully saturated rings. The second-order valence-electron chi connectivity index (χ2n) is 6.67. The Bertz CT molecular complexity index is 1110. The predicted molar refractivity (Wildman–Crippen MR) is 103 cm³/mol. The van der Waals surface area contributed by atoms with Crippen LogP contribution in [0.2, 0.25) is 0 Å². The quantitative estimate of drug-likeness (QED) is 0.397. The van der Waals surface area contributed by atoms with E-state index in [0.717, 1.165) is 11.1 Å². The van der Waals surface area contributed by atoms with Crippen LogP contribution in [-0.2, 0) is 16.1 Å². The van der Waals surface area contributed by atoms with Crippen molar-refractivity contribution in [3.05, 3.63) is 75.1 Å². The summed E-state index contributed by atoms with van der Waals surface area (Å²) in [6.07, 6.45) is 0.00104. The lowest BCUT2D eigenvalue weighted by molar-refractivity contribution is -0.144. The highest BCUT2D eigenvalue weighted by atomic mass is 16.5. The molecule has 0 aliphatic heterocycles. The molecule has 1 N–H and O–H groups in total. The lowest BCUT2D eigenvalue weighted by atomic mass is 9.99. The van der Waals surface area contributed by atoms with Gasteiger partial charge in [-0.1, -0.05) is 17.7 Å². The first-order valence-corrected chi connectivity index (χ1v) is 8.85. The summed E-state index contributed by atoms with van der Waals surface area (Å²) in [6, 6.07) is 11.2. The first kappa shape index (κ1) is 19.4. The number of ether oxygens (including phenoxy) is 1. The first-order valence-electron chi connectivity index (χ1n) is 8.85. The van der Waals surface area contributed by atoms with Crippen molar-refractivity contribution in [3.8, 4) is 5.75 Å². The van der Waals surface area contributed by atoms with Crippen molar-refractivity contribution in [1.29, 1.82) is 0 Å². The van der Waals surface area contributed by atoms with Crippen molar-refractivity contribution >= 4 is 22.7 Å². The van der Waals surface area contributed by atoms with E-state index in [0.29, 0.717) is 16.5 Å². The average molecular weight is 380 g/mol. The molecule has 3 aromatic rings. The summed E-state index contributed by atoms with van der Waals surface area (Å²) >= 11 is 0. The van der Waals surface area contributed by atoms with Crippen molar-refractivity contribution in [2.24, 2.45) is 0 Å². The maximum Gasteiger partial charge on any atom is 0.336 e. The van der Waals surface area contributed by atoms with Crippen molar-refractivity contribution < 1.29 is 23.8 Å². The standard InChI is InChI=1S/C22H20O6/c1-13-3-4-14(2)18(9-13)19(24)7-8-21(25)27-12-15-10-22(26)28-20-11-16(23)5-6-17(15)20/h3-6,9-11,23H,7-8,12H2,1-2H3. The molecule has 0 aliphatic rings. The van der Waals surface area contributed by atoms with Gasteiger partial charge < -0.3 is 14.3 Å². The molecule has 0 aliphatic carbocycles. The molecule has 6 nitrogen and oxygen atoms in total. The van der Waals surface area contributed by atoms with Crippen molar-refractivity contribution in [3.63, 3.8) is 0 Å². The molecule has 0 bridgehead atoms. The molecule has 0 amide bonds. The maximum atomic E-state index is 12.4. The smallest absolute Gasteiger partial charge is 0.336 e. The van der Waals surface area contributed by atoms with Gasteiger partial charge >= 0.3 is 11.6 Å². The van der Waals surface area contributed by atoms with Gasteiger partial charge in [0.05, 0.1) is 6.42 Å². The zero-order valence-electron chi connectivity index (χ0n) is 15.7. The Kier molecular flexibility index (Phi) is 5.59. The zero-order valence-corrected chi connectivity index (χ0v) is 15.7. The van der Waals surface area contributed by atoms with Gasteiger partial charge in [0, 0.05) is 35.1 Å². The summed E-state index contributed by atoms with van der Waals surface area (Å²) in [5.74, 6) is -0.673. The van der Waals surface area contributed by atoms with E-state index >= 15 is 0 Å². The van der Waals surface area contributed by atoms with Gasteiger partial charge in [-0.2, -0.15) is 0 Å². The Labute approximate surface area is 161 Å². The van der Waals surface area contributed by atoms with E-state index in [1.165, 1.54) is 18.2 Å². The highest BCUT2D eigenvalue weighted by Gasteiger charge is 2.14. The molecule has 0 atom stereocenters. The van der Waals surface area contributed by atoms with E-state index in [-0.39, 0.29) is 36.6 Å². The van der Waals surface area contributed by atoms with Crippen LogP contribution < -0.4 is 5.63 Å². The fourth-order valence-corrected chi connectivity index (χ4v) is 2.95. The molecule has 2 aromatic carbocycles. The second-order valence-corrected chi connectivity index (χ2v) is 6.67. The Balaban J connectivity index is 1.63. The second kappa shape index (κ2) is 8.08. The first-order chi connectivity index (χ1) is 13.3. The zero-order chi connectivity index (χ0) is 20.3. The van der Waals surface area contributed by atoms with E-state index in [9.17, 15) is 19.5 Å². The van der Waals surface area contributed by atoms with Crippen LogP contribution in [0.1, 0.15) is 39.9 Å². The number of hydrogen-bond acceptors (Lipinski definition) is 6. The molecule has 0 saturated heterocycles. The van der Waals surface area contributed by atoms with E-state index in [2.05, 4.69) is 0 Å². The Morgan fingerprint density at radius 1 is 1.04 bits per heavy atom. The third kappa shape index (κ3) is 4.46. The molecule has 1 heterocycles. The van der Waals surface area contributed by atoms with E-state index in [4.69, 9.17) is 9.15 Å². The van der Waals surface area contributed by atoms with Crippen LogP contribution in [0, 0.1) is 13.8 Å². The molecule has 28 heavy (non-hydrogen) atoms. The van der Waals surface area contributed by atoms with Crippen LogP contribution in [0.15, 0.2) is 51.7 Å². The summed E-state index contributed by atoms with van der Waals surface area (Å²) in [7, 11) is 0. The Morgan fingerprint density at radius 3 is 2.61 bits per heavy atom. The topological polar surface area (TPSA) is 93.8 Å². The van der Waals surface area contributed by atoms with Crippen LogP contribution in [0.4, 0.5) is 0 Å². The van der Waals surface area contributed by atoms with Gasteiger partial charge in [0.1, 0.15) is 17.9 Å². The highest BCUT2D eigenvalue weighted by molar-refractivity contribution is 5.99. The van der Waals surface area contributed by atoms with Gasteiger partial charge in [-0.3, -0.25) is 9.59 Å². The van der Waals surface area contributed by atoms with Crippen LogP contribution >= 0.6 is 0 Å². The number of fused-ring (bicyclic) bond motifs is 1. The lowest BCUT2D eigenvalue weighted by Crippen LogP contribution is -2.10. The molecule has 3 rings (SSSR count). The largest absolute Gasteiger partial charge is 0.508 e. The summed E-state index contributed by atoms with van der Waals surface area (Å²) in [5, 5.41) is 10.1. The predicted octanol–water partition coefficient (Wildman–Crippen LogP) is 3.82. The van der Waals surface area contributed by atoms with E-state index in [1.807, 2.05) is 32.0 Å². The number of hydrogen-bond donors (Lipinski definition) is 1. The monoisotopic (exact) mass is 380 g/mol. The van der Waals surface area contributed by atoms with Gasteiger partial charge in [0.2, 0.25) is 0 Å². The minimum atomic E-state index is -0.603. The normalized spacial score (nSPS) is 10.8. The molecule has 144 valence electrons. The molecule has 0 radical (unpaired) electrons. The summed E-state index contributed by atoms with van der Waals surface area (Å²) < 4.78 is 10.3. The SMILES string of the molecule is Cc1ccc(C)c(C(=O)CCC(=O)OCc2cc(=O)oc3cc(O)ccc23)c1. The van der Waals surface area contributed by atoms with Crippen molar-refractivity contribution in [2.75, 3.05) is 0 Å². The Hall–Kier alpha value is -3.41. The minimum Gasteiger partial charge on any atom is -0.508 e. The van der Waals surface area contributed by atoms with Gasteiger partial charge in [-0.15, -0.1) is 0 Å². The average Bonchev–Trinajstić information content (AvgIpc) is 2.65. The number of benzene rings is 2. The van der Waals surface area contributed by atoms with Crippen LogP contribution in [0.25, 0.3) is 11.0 Å². The van der Waals surface area contributed by atoms with Crippen LogP contribution in [-0.4, -0.2) is 16.9 Å². The number of aryl methyl sites for hydroxylation is 2. The fraction of sp³-hybridized carbons (Fsp3) is 0.227. The van der Waals surface area contributed by atoms with Crippen LogP contribution in [0.3, 0.4) is 0 Å². The molecule has 0 saturated carbocycles. The number of rotatable bonds is 6. The number of Topliss-reactive ketones (excluding diaryl/α,β-unsaturated/α-hetero) is 1. The summed E-state index contributed by atoms with van der Waals surface area (Å²) in [6.45, 7) is 3.64. The number of ketones is 1. The molecule has 1 aromatic heterocycles. The van der Waals surface area contributed by atoms with Gasteiger partial charge in [0.15, 0.2) is 5.78 Å². The number of phenols is 1. The number of phenolic OH excluding ortho intramolecular Hbond substituents is 1. The van der Waals surface area contributed by atoms with Gasteiger partial charge in [-0.25, -0.2) is 4.79 Å². The number of carbonyl (C=O) groups is 2. The molecular weight excluding hydrogens is 360 g/mol. The third-order valence-electron chi connectivity index (χ3n) is 4.45. The highest BCUT2D eigenvalue weighted by Crippen LogP contribution is 2.22. The molecular formula is C22H20O6. The van der Waals surface area contributed by atoms with E-state index in [1.54, 1.807) is 6.07 Å². The summed E-state index contributed by atoms with van der Waals surface area (Å²) in [5.41, 5.74) is 2.55. The van der Waals surface area contributed by atoms with E-state index < -0.39 is 11.6 Å². The number of esters is 1. The fourth-order valence-electron chi connectivity index (χ4n) is 2.95. The number of carbonyl (C=O) groups excluding carboxylic acids is 2. The molecule has 0 unspecified atom stereocenters. The third-order valence-corrected chi connectivity index (χ3v) is 4.45. The van der Waals surface area contributed by atoms with Crippen molar-refractivity contribution in [2.45, 2.75) is 33.3 Å². The molecule has 6 heteroatoms. The molecule has 0 spiro atoms. The van der Waals surface area contributed by atoms with Crippen molar-refractivity contribution in [1.82, 2.24) is 0 Å². The van der Waals surface area contributed by atoms with Crippen LogP contribution in [0.5, 0.6) is 5.75 Å². The minimum absolute atomic E-state index is 0.0326. The number of aromatic hydroxyl groups is 1. The van der Waals surface area contributed by atoms with Gasteiger partial charge in [-0.05, 0) is 37.6 Å². The summed E-state index contributed by atoms with van der Waals surface area (Å²) in [4.78, 5) is 36.1. The Morgan fingerprint density at radius 2 is 1.82 bits per heavy atom. The lowest BCUT2D eigenvalue weighted by Gasteiger charge is -2.08. The maximum absolute atomic E-state index is 12.4. The van der Waals surface area contributed by atoms with Gasteiger partial charge in [0.25, 0.3) is 0 Å².